The number of nitriles is 1. The molecule has 1 aromatic heterocycles. The molecule has 2 aromatic rings. The molecule has 0 amide bonds. The smallest absolute Gasteiger partial charge is 0.379 e. The third kappa shape index (κ3) is 3.34. The zero-order chi connectivity index (χ0) is 15.5. The van der Waals surface area contributed by atoms with Crippen LogP contribution >= 0.6 is 0 Å². The Morgan fingerprint density at radius 1 is 1.33 bits per heavy atom. The average Bonchev–Trinajstić information content (AvgIpc) is 2.91. The first kappa shape index (κ1) is 14.9. The van der Waals surface area contributed by atoms with Gasteiger partial charge in [-0.25, -0.2) is 0 Å². The maximum Gasteiger partial charge on any atom is 0.418 e. The molecular weight excluding hydrogens is 281 g/mol. The Balaban J connectivity index is 2.26. The van der Waals surface area contributed by atoms with Crippen molar-refractivity contribution in [3.63, 3.8) is 0 Å². The van der Waals surface area contributed by atoms with Crippen molar-refractivity contribution in [2.24, 2.45) is 0 Å². The molecule has 0 atom stereocenters. The summed E-state index contributed by atoms with van der Waals surface area (Å²) < 4.78 is 40.7. The van der Waals surface area contributed by atoms with Crippen molar-refractivity contribution in [3.8, 4) is 6.07 Å². The second kappa shape index (κ2) is 5.87. The molecule has 1 N–H and O–H groups in total. The molecule has 0 aliphatic heterocycles. The summed E-state index contributed by atoms with van der Waals surface area (Å²) in [6, 6.07) is 6.93. The molecule has 1 aromatic carbocycles. The summed E-state index contributed by atoms with van der Waals surface area (Å²) in [6.07, 6.45) is -2.91. The van der Waals surface area contributed by atoms with Gasteiger partial charge in [0.25, 0.3) is 0 Å². The van der Waals surface area contributed by atoms with Crippen molar-refractivity contribution in [2.45, 2.75) is 26.2 Å². The fourth-order valence-electron chi connectivity index (χ4n) is 1.98. The molecule has 21 heavy (non-hydrogen) atoms. The Kier molecular flexibility index (Phi) is 4.17. The molecule has 2 rings (SSSR count). The van der Waals surface area contributed by atoms with Gasteiger partial charge in [0.1, 0.15) is 0 Å². The molecule has 0 unspecified atom stereocenters. The monoisotopic (exact) mass is 294 g/mol. The summed E-state index contributed by atoms with van der Waals surface area (Å²) in [5, 5.41) is 15.5. The van der Waals surface area contributed by atoms with Gasteiger partial charge in [-0.3, -0.25) is 4.68 Å². The highest BCUT2D eigenvalue weighted by molar-refractivity contribution is 5.56. The summed E-state index contributed by atoms with van der Waals surface area (Å²) in [5.41, 5.74) is -0.129. The van der Waals surface area contributed by atoms with Gasteiger partial charge in [-0.05, 0) is 31.2 Å². The quantitative estimate of drug-likeness (QED) is 0.940. The van der Waals surface area contributed by atoms with Crippen LogP contribution in [0.3, 0.4) is 0 Å². The van der Waals surface area contributed by atoms with Crippen LogP contribution in [0.5, 0.6) is 0 Å². The number of rotatable bonds is 4. The fraction of sp³-hybridized carbons (Fsp3) is 0.286. The van der Waals surface area contributed by atoms with Crippen LogP contribution in [0, 0.1) is 11.3 Å². The van der Waals surface area contributed by atoms with E-state index in [9.17, 15) is 13.2 Å². The SMILES string of the molecule is CCn1nccc1CNc1ccc(C#N)cc1C(F)(F)F. The first-order valence-electron chi connectivity index (χ1n) is 6.31. The van der Waals surface area contributed by atoms with Gasteiger partial charge in [0.05, 0.1) is 29.4 Å². The zero-order valence-electron chi connectivity index (χ0n) is 11.3. The van der Waals surface area contributed by atoms with Gasteiger partial charge in [-0.15, -0.1) is 0 Å². The number of nitrogens with one attached hydrogen (secondary N) is 1. The van der Waals surface area contributed by atoms with Gasteiger partial charge >= 0.3 is 6.18 Å². The number of alkyl halides is 3. The van der Waals surface area contributed by atoms with Crippen molar-refractivity contribution in [3.05, 3.63) is 47.3 Å². The highest BCUT2D eigenvalue weighted by atomic mass is 19.4. The Morgan fingerprint density at radius 3 is 2.71 bits per heavy atom. The molecule has 0 aliphatic carbocycles. The lowest BCUT2D eigenvalue weighted by Gasteiger charge is -2.15. The number of nitrogens with zero attached hydrogens (tertiary/aromatic N) is 3. The molecule has 1 heterocycles. The summed E-state index contributed by atoms with van der Waals surface area (Å²) >= 11 is 0. The lowest BCUT2D eigenvalue weighted by Crippen LogP contribution is -2.13. The van der Waals surface area contributed by atoms with Crippen LogP contribution in [0.25, 0.3) is 0 Å². The van der Waals surface area contributed by atoms with E-state index in [-0.39, 0.29) is 17.8 Å². The van der Waals surface area contributed by atoms with Gasteiger partial charge in [0.2, 0.25) is 0 Å². The third-order valence-electron chi connectivity index (χ3n) is 3.02. The van der Waals surface area contributed by atoms with E-state index in [0.29, 0.717) is 6.54 Å². The topological polar surface area (TPSA) is 53.6 Å². The van der Waals surface area contributed by atoms with Crippen LogP contribution in [-0.2, 0) is 19.3 Å². The summed E-state index contributed by atoms with van der Waals surface area (Å²) in [4.78, 5) is 0. The predicted octanol–water partition coefficient (Wildman–Crippen LogP) is 3.41. The summed E-state index contributed by atoms with van der Waals surface area (Å²) in [7, 11) is 0. The van der Waals surface area contributed by atoms with Crippen molar-refractivity contribution in [1.29, 1.82) is 5.26 Å². The normalized spacial score (nSPS) is 11.2. The van der Waals surface area contributed by atoms with Crippen molar-refractivity contribution in [2.75, 3.05) is 5.32 Å². The standard InChI is InChI=1S/C14H13F3N4/c1-2-21-11(5-6-20-21)9-19-13-4-3-10(8-18)7-12(13)14(15,16)17/h3-7,19H,2,9H2,1H3. The molecule has 110 valence electrons. The van der Waals surface area contributed by atoms with E-state index in [2.05, 4.69) is 10.4 Å². The minimum Gasteiger partial charge on any atom is -0.379 e. The molecule has 0 spiro atoms. The van der Waals surface area contributed by atoms with Crippen molar-refractivity contribution >= 4 is 5.69 Å². The Labute approximate surface area is 119 Å². The summed E-state index contributed by atoms with van der Waals surface area (Å²) in [5.74, 6) is 0. The van der Waals surface area contributed by atoms with Gasteiger partial charge in [0, 0.05) is 18.4 Å². The number of anilines is 1. The van der Waals surface area contributed by atoms with E-state index in [1.165, 1.54) is 12.1 Å². The molecule has 4 nitrogen and oxygen atoms in total. The second-order valence-electron chi connectivity index (χ2n) is 4.36. The number of aromatic nitrogens is 2. The molecule has 0 radical (unpaired) electrons. The molecule has 0 saturated heterocycles. The number of hydrogen-bond donors (Lipinski definition) is 1. The van der Waals surface area contributed by atoms with Crippen LogP contribution in [0.1, 0.15) is 23.7 Å². The molecule has 7 heteroatoms. The minimum absolute atomic E-state index is 0.0218. The largest absolute Gasteiger partial charge is 0.418 e. The lowest BCUT2D eigenvalue weighted by molar-refractivity contribution is -0.137. The van der Waals surface area contributed by atoms with Gasteiger partial charge in [-0.2, -0.15) is 23.5 Å². The van der Waals surface area contributed by atoms with Gasteiger partial charge < -0.3 is 5.32 Å². The van der Waals surface area contributed by atoms with Gasteiger partial charge in [-0.1, -0.05) is 0 Å². The van der Waals surface area contributed by atoms with Crippen LogP contribution < -0.4 is 5.32 Å². The molecule has 0 fully saturated rings. The minimum atomic E-state index is -4.51. The Bertz CT molecular complexity index is 668. The predicted molar refractivity (Wildman–Crippen MR) is 71.4 cm³/mol. The zero-order valence-corrected chi connectivity index (χ0v) is 11.3. The first-order valence-corrected chi connectivity index (χ1v) is 6.31. The van der Waals surface area contributed by atoms with Crippen molar-refractivity contribution < 1.29 is 13.2 Å². The average molecular weight is 294 g/mol. The van der Waals surface area contributed by atoms with Crippen LogP contribution in [0.4, 0.5) is 18.9 Å². The second-order valence-corrected chi connectivity index (χ2v) is 4.36. The number of aryl methyl sites for hydroxylation is 1. The highest BCUT2D eigenvalue weighted by Crippen LogP contribution is 2.35. The van der Waals surface area contributed by atoms with Crippen molar-refractivity contribution in [1.82, 2.24) is 9.78 Å². The number of halogens is 3. The van der Waals surface area contributed by atoms with Crippen LogP contribution in [-0.4, -0.2) is 9.78 Å². The van der Waals surface area contributed by atoms with E-state index in [4.69, 9.17) is 5.26 Å². The van der Waals surface area contributed by atoms with Crippen LogP contribution in [0.15, 0.2) is 30.5 Å². The lowest BCUT2D eigenvalue weighted by atomic mass is 10.1. The molecule has 0 bridgehead atoms. The maximum atomic E-state index is 13.0. The van der Waals surface area contributed by atoms with E-state index >= 15 is 0 Å². The molecule has 0 saturated carbocycles. The third-order valence-corrected chi connectivity index (χ3v) is 3.02. The van der Waals surface area contributed by atoms with E-state index in [0.717, 1.165) is 11.8 Å². The van der Waals surface area contributed by atoms with E-state index < -0.39 is 11.7 Å². The summed E-state index contributed by atoms with van der Waals surface area (Å²) in [6.45, 7) is 2.77. The fourth-order valence-corrected chi connectivity index (χ4v) is 1.98. The van der Waals surface area contributed by atoms with Crippen LogP contribution in [0.2, 0.25) is 0 Å². The Morgan fingerprint density at radius 2 is 2.10 bits per heavy atom. The molecule has 0 aliphatic rings. The van der Waals surface area contributed by atoms with E-state index in [1.54, 1.807) is 23.0 Å². The first-order chi connectivity index (χ1) is 9.95. The highest BCUT2D eigenvalue weighted by Gasteiger charge is 2.33. The number of hydrogen-bond acceptors (Lipinski definition) is 3. The number of benzene rings is 1. The Hall–Kier alpha value is -2.49. The molecular formula is C14H13F3N4. The van der Waals surface area contributed by atoms with Gasteiger partial charge in [0.15, 0.2) is 0 Å². The van der Waals surface area contributed by atoms with E-state index in [1.807, 2.05) is 6.92 Å². The maximum absolute atomic E-state index is 13.0.